The number of rotatable bonds is 3. The maximum atomic E-state index is 11.9. The van der Waals surface area contributed by atoms with E-state index >= 15 is 0 Å². The Bertz CT molecular complexity index is 739. The van der Waals surface area contributed by atoms with E-state index in [1.165, 1.54) is 6.08 Å². The Morgan fingerprint density at radius 1 is 1.18 bits per heavy atom. The van der Waals surface area contributed by atoms with Crippen molar-refractivity contribution >= 4 is 29.3 Å². The van der Waals surface area contributed by atoms with Gasteiger partial charge in [-0.25, -0.2) is 0 Å². The predicted octanol–water partition coefficient (Wildman–Crippen LogP) is 2.67. The van der Waals surface area contributed by atoms with Crippen LogP contribution < -0.4 is 15.4 Å². The average molecular weight is 294 g/mol. The van der Waals surface area contributed by atoms with Gasteiger partial charge in [0.15, 0.2) is 6.61 Å². The fourth-order valence-corrected chi connectivity index (χ4v) is 2.07. The van der Waals surface area contributed by atoms with Gasteiger partial charge in [-0.3, -0.25) is 9.59 Å². The molecule has 0 spiro atoms. The summed E-state index contributed by atoms with van der Waals surface area (Å²) in [5.74, 6) is 0.128. The molecule has 22 heavy (non-hydrogen) atoms. The Hall–Kier alpha value is -3.08. The largest absolute Gasteiger partial charge is 0.482 e. The highest BCUT2D eigenvalue weighted by molar-refractivity contribution is 6.02. The molecule has 0 saturated carbocycles. The zero-order valence-electron chi connectivity index (χ0n) is 11.7. The minimum absolute atomic E-state index is 0.0156. The molecule has 0 unspecified atom stereocenters. The Morgan fingerprint density at radius 2 is 2.00 bits per heavy atom. The number of fused-ring (bicyclic) bond motifs is 1. The maximum absolute atomic E-state index is 11.9. The highest BCUT2D eigenvalue weighted by Crippen LogP contribution is 2.30. The van der Waals surface area contributed by atoms with Gasteiger partial charge in [0, 0.05) is 17.8 Å². The van der Waals surface area contributed by atoms with E-state index in [1.54, 1.807) is 24.3 Å². The van der Waals surface area contributed by atoms with E-state index < -0.39 is 0 Å². The number of hydrogen-bond acceptors (Lipinski definition) is 3. The molecule has 0 aliphatic carbocycles. The third kappa shape index (κ3) is 3.32. The van der Waals surface area contributed by atoms with Crippen LogP contribution in [-0.2, 0) is 9.59 Å². The summed E-state index contributed by atoms with van der Waals surface area (Å²) >= 11 is 0. The van der Waals surface area contributed by atoms with Crippen LogP contribution in [0.4, 0.5) is 11.4 Å². The first-order valence-corrected chi connectivity index (χ1v) is 6.81. The maximum Gasteiger partial charge on any atom is 0.262 e. The van der Waals surface area contributed by atoms with Crippen LogP contribution in [0.15, 0.2) is 54.6 Å². The molecular weight excluding hydrogens is 280 g/mol. The van der Waals surface area contributed by atoms with Gasteiger partial charge in [0.25, 0.3) is 5.91 Å². The summed E-state index contributed by atoms with van der Waals surface area (Å²) in [6, 6.07) is 14.7. The highest BCUT2D eigenvalue weighted by atomic mass is 16.5. The van der Waals surface area contributed by atoms with E-state index in [0.29, 0.717) is 17.1 Å². The Kier molecular flexibility index (Phi) is 3.87. The highest BCUT2D eigenvalue weighted by Gasteiger charge is 2.16. The summed E-state index contributed by atoms with van der Waals surface area (Å²) in [6.07, 6.45) is 3.21. The van der Waals surface area contributed by atoms with Crippen LogP contribution in [0.1, 0.15) is 5.56 Å². The third-order valence-electron chi connectivity index (χ3n) is 3.11. The molecule has 2 N–H and O–H groups in total. The van der Waals surface area contributed by atoms with Crippen molar-refractivity contribution < 1.29 is 14.3 Å². The summed E-state index contributed by atoms with van der Waals surface area (Å²) in [5, 5.41) is 5.45. The van der Waals surface area contributed by atoms with E-state index in [2.05, 4.69) is 10.6 Å². The zero-order valence-corrected chi connectivity index (χ0v) is 11.7. The Balaban J connectivity index is 1.67. The van der Waals surface area contributed by atoms with E-state index in [-0.39, 0.29) is 18.4 Å². The monoisotopic (exact) mass is 294 g/mol. The number of amides is 2. The summed E-state index contributed by atoms with van der Waals surface area (Å²) in [7, 11) is 0. The summed E-state index contributed by atoms with van der Waals surface area (Å²) in [6.45, 7) is -0.0156. The molecule has 2 amide bonds. The molecule has 0 fully saturated rings. The molecule has 1 aliphatic heterocycles. The molecule has 5 heteroatoms. The molecule has 0 radical (unpaired) electrons. The first-order chi connectivity index (χ1) is 10.7. The minimum atomic E-state index is -0.233. The van der Waals surface area contributed by atoms with Gasteiger partial charge in [-0.1, -0.05) is 30.3 Å². The Labute approximate surface area is 127 Å². The summed E-state index contributed by atoms with van der Waals surface area (Å²) < 4.78 is 5.31. The second kappa shape index (κ2) is 6.13. The third-order valence-corrected chi connectivity index (χ3v) is 3.11. The number of hydrogen-bond donors (Lipinski definition) is 2. The molecule has 1 aliphatic rings. The fourth-order valence-electron chi connectivity index (χ4n) is 2.07. The normalized spacial score (nSPS) is 13.2. The SMILES string of the molecule is O=C(/C=C/c1ccccc1)Nc1ccc2c(c1)OCC(=O)N2. The van der Waals surface area contributed by atoms with Crippen molar-refractivity contribution in [1.82, 2.24) is 0 Å². The lowest BCUT2D eigenvalue weighted by atomic mass is 10.2. The van der Waals surface area contributed by atoms with Gasteiger partial charge in [0.05, 0.1) is 5.69 Å². The van der Waals surface area contributed by atoms with Gasteiger partial charge in [0.1, 0.15) is 5.75 Å². The molecule has 110 valence electrons. The van der Waals surface area contributed by atoms with Gasteiger partial charge >= 0.3 is 0 Å². The quantitative estimate of drug-likeness (QED) is 0.855. The number of anilines is 2. The molecule has 0 saturated heterocycles. The van der Waals surface area contributed by atoms with Crippen molar-refractivity contribution in [2.45, 2.75) is 0 Å². The summed E-state index contributed by atoms with van der Waals surface area (Å²) in [5.41, 5.74) is 2.17. The lowest BCUT2D eigenvalue weighted by Gasteiger charge is -2.18. The molecule has 5 nitrogen and oxygen atoms in total. The van der Waals surface area contributed by atoms with Crippen LogP contribution >= 0.6 is 0 Å². The lowest BCUT2D eigenvalue weighted by molar-refractivity contribution is -0.118. The number of nitrogens with one attached hydrogen (secondary N) is 2. The van der Waals surface area contributed by atoms with Crippen LogP contribution in [0.2, 0.25) is 0 Å². The van der Waals surface area contributed by atoms with E-state index in [9.17, 15) is 9.59 Å². The van der Waals surface area contributed by atoms with Crippen LogP contribution in [-0.4, -0.2) is 18.4 Å². The molecule has 3 rings (SSSR count). The molecule has 0 atom stereocenters. The van der Waals surface area contributed by atoms with Crippen molar-refractivity contribution in [3.63, 3.8) is 0 Å². The number of carbonyl (C=O) groups excluding carboxylic acids is 2. The molecule has 1 heterocycles. The second-order valence-corrected chi connectivity index (χ2v) is 4.78. The van der Waals surface area contributed by atoms with Crippen molar-refractivity contribution in [2.75, 3.05) is 17.2 Å². The van der Waals surface area contributed by atoms with Crippen LogP contribution in [0.25, 0.3) is 6.08 Å². The number of carbonyl (C=O) groups is 2. The van der Waals surface area contributed by atoms with Gasteiger partial charge in [-0.05, 0) is 23.8 Å². The van der Waals surface area contributed by atoms with Crippen molar-refractivity contribution in [3.05, 3.63) is 60.2 Å². The summed E-state index contributed by atoms with van der Waals surface area (Å²) in [4.78, 5) is 23.1. The average Bonchev–Trinajstić information content (AvgIpc) is 2.54. The smallest absolute Gasteiger partial charge is 0.262 e. The van der Waals surface area contributed by atoms with Crippen LogP contribution in [0.5, 0.6) is 5.75 Å². The second-order valence-electron chi connectivity index (χ2n) is 4.78. The van der Waals surface area contributed by atoms with Gasteiger partial charge in [0.2, 0.25) is 5.91 Å². The standard InChI is InChI=1S/C17H14N2O3/c20-16(9-6-12-4-2-1-3-5-12)18-13-7-8-14-15(10-13)22-11-17(21)19-14/h1-10H,11H2,(H,18,20)(H,19,21)/b9-6+. The molecule has 0 aromatic heterocycles. The van der Waals surface area contributed by atoms with E-state index in [4.69, 9.17) is 4.74 Å². The Morgan fingerprint density at radius 3 is 2.82 bits per heavy atom. The molecule has 2 aromatic rings. The van der Waals surface area contributed by atoms with E-state index in [0.717, 1.165) is 5.56 Å². The topological polar surface area (TPSA) is 67.4 Å². The van der Waals surface area contributed by atoms with Crippen LogP contribution in [0.3, 0.4) is 0 Å². The van der Waals surface area contributed by atoms with Gasteiger partial charge in [-0.2, -0.15) is 0 Å². The van der Waals surface area contributed by atoms with Gasteiger partial charge < -0.3 is 15.4 Å². The minimum Gasteiger partial charge on any atom is -0.482 e. The van der Waals surface area contributed by atoms with Crippen LogP contribution in [0, 0.1) is 0 Å². The molecule has 2 aromatic carbocycles. The molecular formula is C17H14N2O3. The van der Waals surface area contributed by atoms with Crippen molar-refractivity contribution in [2.24, 2.45) is 0 Å². The zero-order chi connectivity index (χ0) is 15.4. The molecule has 0 bridgehead atoms. The first-order valence-electron chi connectivity index (χ1n) is 6.81. The number of ether oxygens (including phenoxy) is 1. The van der Waals surface area contributed by atoms with Gasteiger partial charge in [-0.15, -0.1) is 0 Å². The van der Waals surface area contributed by atoms with Crippen molar-refractivity contribution in [3.8, 4) is 5.75 Å². The van der Waals surface area contributed by atoms with E-state index in [1.807, 2.05) is 30.3 Å². The lowest BCUT2D eigenvalue weighted by Crippen LogP contribution is -2.25. The first kappa shape index (κ1) is 13.9. The van der Waals surface area contributed by atoms with Crippen molar-refractivity contribution in [1.29, 1.82) is 0 Å². The fraction of sp³-hybridized carbons (Fsp3) is 0.0588. The number of benzene rings is 2. The predicted molar refractivity (Wildman–Crippen MR) is 84.7 cm³/mol.